The quantitative estimate of drug-likeness (QED) is 0.854. The second kappa shape index (κ2) is 6.17. The Hall–Kier alpha value is -1.66. The Balaban J connectivity index is 1.42. The number of nitrogens with one attached hydrogen (secondary N) is 1. The Labute approximate surface area is 162 Å². The van der Waals surface area contributed by atoms with Gasteiger partial charge in [0.05, 0.1) is 15.7 Å². The minimum Gasteiger partial charge on any atom is -0.486 e. The van der Waals surface area contributed by atoms with Crippen molar-refractivity contribution in [1.82, 2.24) is 10.2 Å². The van der Waals surface area contributed by atoms with Crippen LogP contribution in [-0.4, -0.2) is 41.6 Å². The number of carbonyl (C=O) groups is 1. The molecule has 1 saturated carbocycles. The molecule has 0 spiro atoms. The highest BCUT2D eigenvalue weighted by molar-refractivity contribution is 7.21. The Morgan fingerprint density at radius 3 is 2.67 bits per heavy atom. The third-order valence-corrected chi connectivity index (χ3v) is 7.65. The molecule has 3 aliphatic heterocycles. The number of amides is 1. The minimum atomic E-state index is -0.346. The molecule has 0 unspecified atom stereocenters. The van der Waals surface area contributed by atoms with Crippen molar-refractivity contribution >= 4 is 27.3 Å². The Morgan fingerprint density at radius 1 is 1.26 bits per heavy atom. The zero-order chi connectivity index (χ0) is 18.8. The van der Waals surface area contributed by atoms with Crippen molar-refractivity contribution in [3.05, 3.63) is 28.9 Å². The second-order valence-corrected chi connectivity index (χ2v) is 9.70. The smallest absolute Gasteiger partial charge is 0.261 e. The van der Waals surface area contributed by atoms with Gasteiger partial charge in [0.25, 0.3) is 5.91 Å². The van der Waals surface area contributed by atoms with Gasteiger partial charge < -0.3 is 10.1 Å². The summed E-state index contributed by atoms with van der Waals surface area (Å²) in [6.07, 6.45) is 4.36. The lowest BCUT2D eigenvalue weighted by molar-refractivity contribution is -0.0377. The maximum Gasteiger partial charge on any atom is 0.261 e. The van der Waals surface area contributed by atoms with Crippen LogP contribution in [-0.2, 0) is 0 Å². The van der Waals surface area contributed by atoms with Crippen LogP contribution in [0.5, 0.6) is 5.75 Å². The maximum atomic E-state index is 14.3. The molecule has 6 rings (SSSR count). The van der Waals surface area contributed by atoms with E-state index in [1.807, 2.05) is 6.07 Å². The highest BCUT2D eigenvalue weighted by Crippen LogP contribution is 2.41. The van der Waals surface area contributed by atoms with E-state index in [2.05, 4.69) is 24.1 Å². The lowest BCUT2D eigenvalue weighted by Crippen LogP contribution is -2.69. The van der Waals surface area contributed by atoms with E-state index in [1.54, 1.807) is 6.07 Å². The SMILES string of the molecule is CC1(C)[C@@H](NC(=O)c2cc3ccc(F)c(OC4CC4)c3s2)C2CCN1CC2. The summed E-state index contributed by atoms with van der Waals surface area (Å²) in [7, 11) is 0. The fourth-order valence-corrected chi connectivity index (χ4v) is 5.76. The molecule has 2 aromatic rings. The average molecular weight is 389 g/mol. The van der Waals surface area contributed by atoms with Crippen molar-refractivity contribution < 1.29 is 13.9 Å². The molecule has 4 fully saturated rings. The van der Waals surface area contributed by atoms with Crippen LogP contribution in [0.3, 0.4) is 0 Å². The Bertz CT molecular complexity index is 897. The number of hydrogen-bond donors (Lipinski definition) is 1. The van der Waals surface area contributed by atoms with Crippen molar-refractivity contribution in [3.63, 3.8) is 0 Å². The fraction of sp³-hybridized carbons (Fsp3) is 0.571. The number of nitrogens with zero attached hydrogens (tertiary/aromatic N) is 1. The van der Waals surface area contributed by atoms with Crippen LogP contribution in [0.2, 0.25) is 0 Å². The molecular weight excluding hydrogens is 363 g/mol. The fourth-order valence-electron chi connectivity index (χ4n) is 4.72. The standard InChI is InChI=1S/C21H25FN2O2S/c1-21(2)19(12-7-9-24(21)10-8-12)23-20(25)16-11-13-3-6-15(22)17(18(13)27-16)26-14-4-5-14/h3,6,11-12,14,19H,4-5,7-10H2,1-2H3,(H,23,25)/t19-/m0/s1. The van der Waals surface area contributed by atoms with Crippen molar-refractivity contribution in [3.8, 4) is 5.75 Å². The number of carbonyl (C=O) groups excluding carboxylic acids is 1. The Morgan fingerprint density at radius 2 is 2.00 bits per heavy atom. The van der Waals surface area contributed by atoms with Gasteiger partial charge in [-0.05, 0) is 76.1 Å². The van der Waals surface area contributed by atoms with E-state index in [0.29, 0.717) is 16.5 Å². The molecule has 4 nitrogen and oxygen atoms in total. The number of piperidine rings is 3. The normalized spacial score (nSPS) is 29.1. The first kappa shape index (κ1) is 17.4. The summed E-state index contributed by atoms with van der Waals surface area (Å²) < 4.78 is 20.8. The van der Waals surface area contributed by atoms with Crippen LogP contribution < -0.4 is 10.1 Å². The first-order valence-electron chi connectivity index (χ1n) is 9.88. The molecule has 0 radical (unpaired) electrons. The van der Waals surface area contributed by atoms with Gasteiger partial charge in [-0.25, -0.2) is 4.39 Å². The topological polar surface area (TPSA) is 41.6 Å². The molecular formula is C21H25FN2O2S. The van der Waals surface area contributed by atoms with Crippen molar-refractivity contribution in [2.45, 2.75) is 57.2 Å². The summed E-state index contributed by atoms with van der Waals surface area (Å²) >= 11 is 1.33. The van der Waals surface area contributed by atoms with Crippen molar-refractivity contribution in [2.24, 2.45) is 5.92 Å². The van der Waals surface area contributed by atoms with Crippen molar-refractivity contribution in [1.29, 1.82) is 0 Å². The number of ether oxygens (including phenoxy) is 1. The third kappa shape index (κ3) is 2.93. The van der Waals surface area contributed by atoms with E-state index in [1.165, 1.54) is 17.4 Å². The molecule has 1 atom stereocenters. The molecule has 1 aliphatic carbocycles. The summed E-state index contributed by atoms with van der Waals surface area (Å²) in [5, 5.41) is 4.17. The number of hydrogen-bond acceptors (Lipinski definition) is 4. The van der Waals surface area contributed by atoms with E-state index in [4.69, 9.17) is 4.74 Å². The molecule has 2 bridgehead atoms. The third-order valence-electron chi connectivity index (χ3n) is 6.50. The molecule has 1 aromatic carbocycles. The van der Waals surface area contributed by atoms with Crippen LogP contribution >= 0.6 is 11.3 Å². The predicted octanol–water partition coefficient (Wildman–Crippen LogP) is 4.18. The Kier molecular flexibility index (Phi) is 3.99. The van der Waals surface area contributed by atoms with E-state index >= 15 is 0 Å². The maximum absolute atomic E-state index is 14.3. The highest BCUT2D eigenvalue weighted by Gasteiger charge is 2.48. The van der Waals surface area contributed by atoms with Crippen LogP contribution in [0.4, 0.5) is 4.39 Å². The van der Waals surface area contributed by atoms with Gasteiger partial charge in [-0.15, -0.1) is 11.3 Å². The zero-order valence-electron chi connectivity index (χ0n) is 15.8. The molecule has 6 heteroatoms. The van der Waals surface area contributed by atoms with E-state index in [0.717, 1.165) is 48.9 Å². The van der Waals surface area contributed by atoms with Gasteiger partial charge in [-0.3, -0.25) is 9.69 Å². The van der Waals surface area contributed by atoms with Crippen LogP contribution in [0.15, 0.2) is 18.2 Å². The molecule has 27 heavy (non-hydrogen) atoms. The largest absolute Gasteiger partial charge is 0.486 e. The second-order valence-electron chi connectivity index (χ2n) is 8.65. The molecule has 4 heterocycles. The highest BCUT2D eigenvalue weighted by atomic mass is 32.1. The van der Waals surface area contributed by atoms with Gasteiger partial charge in [-0.2, -0.15) is 0 Å². The van der Waals surface area contributed by atoms with Crippen LogP contribution in [0, 0.1) is 11.7 Å². The lowest BCUT2D eigenvalue weighted by Gasteiger charge is -2.56. The number of halogens is 1. The summed E-state index contributed by atoms with van der Waals surface area (Å²) in [4.78, 5) is 16.1. The summed E-state index contributed by atoms with van der Waals surface area (Å²) in [6, 6.07) is 5.18. The molecule has 1 aromatic heterocycles. The molecule has 144 valence electrons. The van der Waals surface area contributed by atoms with Gasteiger partial charge in [0.2, 0.25) is 0 Å². The van der Waals surface area contributed by atoms with Gasteiger partial charge in [0, 0.05) is 11.6 Å². The number of rotatable bonds is 4. The number of fused-ring (bicyclic) bond motifs is 4. The van der Waals surface area contributed by atoms with Gasteiger partial charge in [0.15, 0.2) is 11.6 Å². The van der Waals surface area contributed by atoms with Gasteiger partial charge >= 0.3 is 0 Å². The summed E-state index contributed by atoms with van der Waals surface area (Å²) in [5.41, 5.74) is -0.0279. The molecule has 1 N–H and O–H groups in total. The zero-order valence-corrected chi connectivity index (χ0v) is 16.6. The molecule has 3 saturated heterocycles. The monoisotopic (exact) mass is 388 g/mol. The van der Waals surface area contributed by atoms with Crippen molar-refractivity contribution in [2.75, 3.05) is 13.1 Å². The molecule has 4 aliphatic rings. The van der Waals surface area contributed by atoms with Crippen LogP contribution in [0.1, 0.15) is 49.2 Å². The van der Waals surface area contributed by atoms with E-state index < -0.39 is 0 Å². The number of benzene rings is 1. The van der Waals surface area contributed by atoms with Crippen LogP contribution in [0.25, 0.3) is 10.1 Å². The van der Waals surface area contributed by atoms with E-state index in [9.17, 15) is 9.18 Å². The average Bonchev–Trinajstić information content (AvgIpc) is 3.36. The lowest BCUT2D eigenvalue weighted by atomic mass is 9.72. The summed E-state index contributed by atoms with van der Waals surface area (Å²) in [5.74, 6) is 0.444. The first-order chi connectivity index (χ1) is 12.9. The van der Waals surface area contributed by atoms with E-state index in [-0.39, 0.29) is 29.4 Å². The molecule has 1 amide bonds. The van der Waals surface area contributed by atoms with Gasteiger partial charge in [0.1, 0.15) is 0 Å². The first-order valence-corrected chi connectivity index (χ1v) is 10.7. The van der Waals surface area contributed by atoms with Gasteiger partial charge in [-0.1, -0.05) is 6.07 Å². The predicted molar refractivity (Wildman–Crippen MR) is 105 cm³/mol. The summed E-state index contributed by atoms with van der Waals surface area (Å²) in [6.45, 7) is 6.69. The number of thiophene rings is 1. The minimum absolute atomic E-state index is 0.0279.